The fraction of sp³-hybridized carbons (Fsp3) is 0.647. The second-order valence-electron chi connectivity index (χ2n) is 5.84. The molecule has 1 aliphatic heterocycles. The lowest BCUT2D eigenvalue weighted by molar-refractivity contribution is -0.277. The number of benzene rings is 1. The molecule has 0 unspecified atom stereocenters. The van der Waals surface area contributed by atoms with E-state index >= 15 is 0 Å². The van der Waals surface area contributed by atoms with Crippen molar-refractivity contribution in [1.82, 2.24) is 0 Å². The van der Waals surface area contributed by atoms with E-state index in [2.05, 4.69) is 6.92 Å². The Morgan fingerprint density at radius 1 is 0.958 bits per heavy atom. The van der Waals surface area contributed by atoms with Gasteiger partial charge in [0.25, 0.3) is 0 Å². The summed E-state index contributed by atoms with van der Waals surface area (Å²) in [5.74, 6) is 1.13. The summed E-state index contributed by atoms with van der Waals surface area (Å²) in [5.41, 5.74) is 0. The average molecular weight is 342 g/mol. The molecule has 1 saturated heterocycles. The Morgan fingerprint density at radius 3 is 2.25 bits per heavy atom. The Labute approximate surface area is 141 Å². The van der Waals surface area contributed by atoms with E-state index in [1.54, 1.807) is 24.3 Å². The van der Waals surface area contributed by atoms with Crippen LogP contribution in [0.2, 0.25) is 0 Å². The molecule has 0 amide bonds. The minimum Gasteiger partial charge on any atom is -0.494 e. The Balaban J connectivity index is 1.90. The van der Waals surface area contributed by atoms with Crippen LogP contribution in [0.1, 0.15) is 26.2 Å². The van der Waals surface area contributed by atoms with Gasteiger partial charge in [-0.3, -0.25) is 0 Å². The number of rotatable bonds is 8. The van der Waals surface area contributed by atoms with E-state index in [0.29, 0.717) is 18.1 Å². The predicted octanol–water partition coefficient (Wildman–Crippen LogP) is 0.434. The van der Waals surface area contributed by atoms with Crippen LogP contribution in [0, 0.1) is 0 Å². The third-order valence-corrected chi connectivity index (χ3v) is 3.94. The van der Waals surface area contributed by atoms with Crippen LogP contribution in [-0.2, 0) is 4.74 Å². The van der Waals surface area contributed by atoms with Gasteiger partial charge >= 0.3 is 0 Å². The van der Waals surface area contributed by atoms with Crippen molar-refractivity contribution in [3.63, 3.8) is 0 Å². The molecule has 1 fully saturated rings. The minimum absolute atomic E-state index is 0.417. The Kier molecular flexibility index (Phi) is 7.26. The number of hydrogen-bond donors (Lipinski definition) is 4. The van der Waals surface area contributed by atoms with Gasteiger partial charge in [0.1, 0.15) is 35.9 Å². The standard InChI is InChI=1S/C17H26O7/c1-2-3-4-9-22-11-5-7-12(8-6-11)23-17-16(21)15(20)14(19)13(10-18)24-17/h5-8,13-21H,2-4,9-10H2,1H3/t13-,14-,15+,16-,17-/m1/s1. The molecule has 1 aromatic rings. The summed E-state index contributed by atoms with van der Waals surface area (Å²) in [4.78, 5) is 0. The van der Waals surface area contributed by atoms with Crippen molar-refractivity contribution < 1.29 is 34.6 Å². The van der Waals surface area contributed by atoms with E-state index < -0.39 is 37.3 Å². The van der Waals surface area contributed by atoms with Crippen LogP contribution in [0.15, 0.2) is 24.3 Å². The fourth-order valence-electron chi connectivity index (χ4n) is 2.46. The maximum Gasteiger partial charge on any atom is 0.229 e. The van der Waals surface area contributed by atoms with Gasteiger partial charge in [0.05, 0.1) is 13.2 Å². The van der Waals surface area contributed by atoms with Gasteiger partial charge in [-0.05, 0) is 30.7 Å². The first-order valence-corrected chi connectivity index (χ1v) is 8.26. The van der Waals surface area contributed by atoms with Gasteiger partial charge in [-0.15, -0.1) is 0 Å². The highest BCUT2D eigenvalue weighted by Crippen LogP contribution is 2.25. The lowest BCUT2D eigenvalue weighted by atomic mass is 9.99. The van der Waals surface area contributed by atoms with Gasteiger partial charge in [-0.1, -0.05) is 19.8 Å². The molecule has 4 N–H and O–H groups in total. The molecule has 0 aromatic heterocycles. The van der Waals surface area contributed by atoms with E-state index in [9.17, 15) is 15.3 Å². The van der Waals surface area contributed by atoms with Gasteiger partial charge in [-0.25, -0.2) is 0 Å². The molecule has 7 nitrogen and oxygen atoms in total. The third-order valence-electron chi connectivity index (χ3n) is 3.94. The van der Waals surface area contributed by atoms with Gasteiger partial charge in [0, 0.05) is 0 Å². The van der Waals surface area contributed by atoms with E-state index in [0.717, 1.165) is 19.3 Å². The predicted molar refractivity (Wildman–Crippen MR) is 85.9 cm³/mol. The normalized spacial score (nSPS) is 30.1. The molecule has 5 atom stereocenters. The molecule has 0 aliphatic carbocycles. The monoisotopic (exact) mass is 342 g/mol. The first-order valence-electron chi connectivity index (χ1n) is 8.26. The zero-order valence-corrected chi connectivity index (χ0v) is 13.7. The SMILES string of the molecule is CCCCCOc1ccc(O[C@@H]2O[C@H](CO)[C@@H](O)[C@H](O)[C@H]2O)cc1. The van der Waals surface area contributed by atoms with E-state index in [4.69, 9.17) is 19.3 Å². The molecule has 0 bridgehead atoms. The van der Waals surface area contributed by atoms with Crippen LogP contribution < -0.4 is 9.47 Å². The van der Waals surface area contributed by atoms with E-state index in [1.165, 1.54) is 0 Å². The van der Waals surface area contributed by atoms with Crippen LogP contribution >= 0.6 is 0 Å². The summed E-state index contributed by atoms with van der Waals surface area (Å²) in [7, 11) is 0. The zero-order chi connectivity index (χ0) is 17.5. The number of aliphatic hydroxyl groups is 4. The lowest BCUT2D eigenvalue weighted by Gasteiger charge is -2.39. The first kappa shape index (κ1) is 19.0. The van der Waals surface area contributed by atoms with E-state index in [1.807, 2.05) is 0 Å². The second kappa shape index (κ2) is 9.19. The quantitative estimate of drug-likeness (QED) is 0.508. The highest BCUT2D eigenvalue weighted by molar-refractivity contribution is 5.31. The van der Waals surface area contributed by atoms with Crippen LogP contribution in [0.5, 0.6) is 11.5 Å². The summed E-state index contributed by atoms with van der Waals surface area (Å²) in [6.07, 6.45) is -3.20. The minimum atomic E-state index is -1.46. The first-order chi connectivity index (χ1) is 11.6. The average Bonchev–Trinajstić information content (AvgIpc) is 2.60. The van der Waals surface area contributed by atoms with Crippen molar-refractivity contribution in [3.05, 3.63) is 24.3 Å². The van der Waals surface area contributed by atoms with Crippen LogP contribution in [-0.4, -0.2) is 64.3 Å². The highest BCUT2D eigenvalue weighted by Gasteiger charge is 2.44. The Morgan fingerprint density at radius 2 is 1.62 bits per heavy atom. The Hall–Kier alpha value is -1.38. The Bertz CT molecular complexity index is 476. The summed E-state index contributed by atoms with van der Waals surface area (Å²) in [6, 6.07) is 6.81. The molecular formula is C17H26O7. The van der Waals surface area contributed by atoms with Crippen molar-refractivity contribution in [2.45, 2.75) is 56.9 Å². The molecular weight excluding hydrogens is 316 g/mol. The maximum atomic E-state index is 9.94. The summed E-state index contributed by atoms with van der Waals surface area (Å²) in [6.45, 7) is 2.29. The second-order valence-corrected chi connectivity index (χ2v) is 5.84. The number of unbranched alkanes of at least 4 members (excludes halogenated alkanes) is 2. The fourth-order valence-corrected chi connectivity index (χ4v) is 2.46. The van der Waals surface area contributed by atoms with Crippen molar-refractivity contribution >= 4 is 0 Å². The molecule has 24 heavy (non-hydrogen) atoms. The lowest BCUT2D eigenvalue weighted by Crippen LogP contribution is -2.60. The van der Waals surface area contributed by atoms with Crippen molar-refractivity contribution in [1.29, 1.82) is 0 Å². The summed E-state index contributed by atoms with van der Waals surface area (Å²) >= 11 is 0. The van der Waals surface area contributed by atoms with Crippen LogP contribution in [0.4, 0.5) is 0 Å². The largest absolute Gasteiger partial charge is 0.494 e. The third kappa shape index (κ3) is 4.81. The number of aliphatic hydroxyl groups excluding tert-OH is 4. The molecule has 1 heterocycles. The zero-order valence-electron chi connectivity index (χ0n) is 13.7. The summed E-state index contributed by atoms with van der Waals surface area (Å²) < 4.78 is 16.4. The van der Waals surface area contributed by atoms with E-state index in [-0.39, 0.29) is 0 Å². The topological polar surface area (TPSA) is 109 Å². The van der Waals surface area contributed by atoms with Gasteiger partial charge in [-0.2, -0.15) is 0 Å². The molecule has 0 radical (unpaired) electrons. The van der Waals surface area contributed by atoms with Crippen LogP contribution in [0.3, 0.4) is 0 Å². The molecule has 0 spiro atoms. The van der Waals surface area contributed by atoms with Gasteiger partial charge in [0.15, 0.2) is 0 Å². The molecule has 1 aliphatic rings. The van der Waals surface area contributed by atoms with Crippen molar-refractivity contribution in [2.24, 2.45) is 0 Å². The molecule has 136 valence electrons. The molecule has 7 heteroatoms. The smallest absolute Gasteiger partial charge is 0.229 e. The van der Waals surface area contributed by atoms with Crippen LogP contribution in [0.25, 0.3) is 0 Å². The molecule has 2 rings (SSSR count). The summed E-state index contributed by atoms with van der Waals surface area (Å²) in [5, 5.41) is 38.6. The highest BCUT2D eigenvalue weighted by atomic mass is 16.7. The number of ether oxygens (including phenoxy) is 3. The van der Waals surface area contributed by atoms with Gasteiger partial charge in [0.2, 0.25) is 6.29 Å². The maximum absolute atomic E-state index is 9.94. The van der Waals surface area contributed by atoms with Gasteiger partial charge < -0.3 is 34.6 Å². The molecule has 0 saturated carbocycles. The molecule has 1 aromatic carbocycles. The van der Waals surface area contributed by atoms with Crippen molar-refractivity contribution in [3.8, 4) is 11.5 Å². The number of hydrogen-bond acceptors (Lipinski definition) is 7. The van der Waals surface area contributed by atoms with Crippen molar-refractivity contribution in [2.75, 3.05) is 13.2 Å².